The van der Waals surface area contributed by atoms with Crippen LogP contribution in [0.1, 0.15) is 81.0 Å². The van der Waals surface area contributed by atoms with Gasteiger partial charge in [-0.05, 0) is 101 Å². The van der Waals surface area contributed by atoms with Crippen molar-refractivity contribution < 1.29 is 0 Å². The minimum atomic E-state index is -0.0521. The Kier molecular flexibility index (Phi) is 9.88. The van der Waals surface area contributed by atoms with Gasteiger partial charge in [0, 0.05) is 54.4 Å². The topological polar surface area (TPSA) is 34.3 Å². The number of likely N-dealkylation sites (tertiary alicyclic amines) is 1. The summed E-state index contributed by atoms with van der Waals surface area (Å²) in [6, 6.07) is 24.6. The van der Waals surface area contributed by atoms with Gasteiger partial charge in [0.15, 0.2) is 0 Å². The first-order valence-corrected chi connectivity index (χ1v) is 16.1. The quantitative estimate of drug-likeness (QED) is 0.288. The van der Waals surface area contributed by atoms with Crippen molar-refractivity contribution in [1.29, 1.82) is 0 Å². The van der Waals surface area contributed by atoms with Crippen molar-refractivity contribution in [2.24, 2.45) is 0 Å². The molecular weight excluding hydrogens is 512 g/mol. The lowest BCUT2D eigenvalue weighted by Crippen LogP contribution is -2.55. The molecule has 2 heterocycles. The second-order valence-electron chi connectivity index (χ2n) is 13.5. The number of aromatic nitrogens is 1. The summed E-state index contributed by atoms with van der Waals surface area (Å²) >= 11 is 0. The highest BCUT2D eigenvalue weighted by Crippen LogP contribution is 2.33. The molecule has 224 valence electrons. The summed E-state index contributed by atoms with van der Waals surface area (Å²) in [5.74, 6) is 0. The van der Waals surface area contributed by atoms with Gasteiger partial charge in [-0.25, -0.2) is 0 Å². The minimum absolute atomic E-state index is 0.0521. The third-order valence-electron chi connectivity index (χ3n) is 9.91. The van der Waals surface area contributed by atoms with Crippen molar-refractivity contribution in [3.8, 4) is 0 Å². The predicted molar refractivity (Wildman–Crippen MR) is 180 cm³/mol. The number of benzene rings is 2. The van der Waals surface area contributed by atoms with Crippen molar-refractivity contribution in [3.05, 3.63) is 101 Å². The number of fused-ring (bicyclic) bond motifs is 1. The van der Waals surface area contributed by atoms with E-state index in [2.05, 4.69) is 122 Å². The number of aryl methyl sites for hydroxylation is 1. The lowest BCUT2D eigenvalue weighted by atomic mass is 9.79. The van der Waals surface area contributed by atoms with Gasteiger partial charge in [0.25, 0.3) is 0 Å². The molecule has 2 aromatic carbocycles. The van der Waals surface area contributed by atoms with E-state index in [-0.39, 0.29) is 11.1 Å². The number of hydrogen-bond acceptors (Lipinski definition) is 3. The first-order valence-electron chi connectivity index (χ1n) is 16.1. The third kappa shape index (κ3) is 7.53. The summed E-state index contributed by atoms with van der Waals surface area (Å²) in [5, 5.41) is 5.23. The number of piperidine rings is 1. The van der Waals surface area contributed by atoms with Gasteiger partial charge in [-0.15, -0.1) is 0 Å². The van der Waals surface area contributed by atoms with Crippen LogP contribution in [0.4, 0.5) is 0 Å². The van der Waals surface area contributed by atoms with E-state index in [9.17, 15) is 0 Å². The summed E-state index contributed by atoms with van der Waals surface area (Å²) in [7, 11) is 4.52. The van der Waals surface area contributed by atoms with Crippen LogP contribution in [0, 0.1) is 6.92 Å². The largest absolute Gasteiger partial charge is 0.361 e. The summed E-state index contributed by atoms with van der Waals surface area (Å²) in [6.07, 6.45) is 13.4. The molecule has 5 rings (SSSR count). The molecule has 0 amide bonds. The van der Waals surface area contributed by atoms with Crippen LogP contribution in [0.3, 0.4) is 0 Å². The maximum atomic E-state index is 3.95. The Morgan fingerprint density at radius 1 is 0.929 bits per heavy atom. The fraction of sp³-hybridized carbons (Fsp3) is 0.474. The third-order valence-corrected chi connectivity index (χ3v) is 9.91. The number of rotatable bonds is 8. The van der Waals surface area contributed by atoms with Crippen molar-refractivity contribution in [2.45, 2.75) is 83.3 Å². The number of hydrogen-bond donors (Lipinski definition) is 2. The van der Waals surface area contributed by atoms with Gasteiger partial charge in [-0.3, -0.25) is 4.90 Å². The average molecular weight is 565 g/mol. The maximum absolute atomic E-state index is 3.95. The molecule has 2 fully saturated rings. The second kappa shape index (κ2) is 13.6. The van der Waals surface area contributed by atoms with Gasteiger partial charge in [-0.2, -0.15) is 0 Å². The van der Waals surface area contributed by atoms with Gasteiger partial charge in [0.2, 0.25) is 0 Å². The summed E-state index contributed by atoms with van der Waals surface area (Å²) in [5.41, 5.74) is 8.33. The van der Waals surface area contributed by atoms with E-state index in [0.717, 1.165) is 39.0 Å². The molecule has 1 saturated heterocycles. The van der Waals surface area contributed by atoms with Crippen LogP contribution in [0.15, 0.2) is 78.5 Å². The molecule has 2 aliphatic rings. The molecule has 0 atom stereocenters. The lowest BCUT2D eigenvalue weighted by Gasteiger charge is -2.45. The standard InChI is InChI=1S/C38H52N4/c1-30-12-8-6-11-23-39-36-18-15-33(27-35(30)36)28-42-24-19-32(20-25-42)26-31-13-16-34(17-14-31)37(2,3)40-29-38(41(4)5)21-9-7-10-22-38/h6,8,11-18,23,26-27,39-40H,7,9-10,19-22,24-25,28-29H2,1-5H3. The van der Waals surface area contributed by atoms with E-state index in [4.69, 9.17) is 0 Å². The zero-order valence-corrected chi connectivity index (χ0v) is 26.7. The fourth-order valence-electron chi connectivity index (χ4n) is 6.80. The maximum Gasteiger partial charge on any atom is 0.0456 e. The van der Waals surface area contributed by atoms with E-state index < -0.39 is 0 Å². The number of nitrogens with zero attached hydrogens (tertiary/aromatic N) is 2. The molecule has 1 aromatic heterocycles. The van der Waals surface area contributed by atoms with Crippen LogP contribution in [0.5, 0.6) is 0 Å². The van der Waals surface area contributed by atoms with Gasteiger partial charge < -0.3 is 15.2 Å². The first kappa shape index (κ1) is 30.5. The highest BCUT2D eigenvalue weighted by molar-refractivity contribution is 5.81. The van der Waals surface area contributed by atoms with E-state index in [1.165, 1.54) is 65.3 Å². The molecule has 42 heavy (non-hydrogen) atoms. The molecule has 1 saturated carbocycles. The Morgan fingerprint density at radius 2 is 1.67 bits per heavy atom. The van der Waals surface area contributed by atoms with Gasteiger partial charge in [0.1, 0.15) is 0 Å². The molecular formula is C38H52N4. The molecule has 2 N–H and O–H groups in total. The highest BCUT2D eigenvalue weighted by atomic mass is 15.2. The van der Waals surface area contributed by atoms with Crippen LogP contribution in [-0.4, -0.2) is 54.1 Å². The van der Waals surface area contributed by atoms with Gasteiger partial charge in [-0.1, -0.05) is 79.4 Å². The highest BCUT2D eigenvalue weighted by Gasteiger charge is 2.35. The predicted octanol–water partition coefficient (Wildman–Crippen LogP) is 8.37. The van der Waals surface area contributed by atoms with Crippen LogP contribution in [0.2, 0.25) is 0 Å². The van der Waals surface area contributed by atoms with Crippen molar-refractivity contribution in [3.63, 3.8) is 0 Å². The zero-order chi connectivity index (χ0) is 29.6. The Labute approximate surface area is 254 Å². The van der Waals surface area contributed by atoms with Crippen LogP contribution in [-0.2, 0) is 12.1 Å². The van der Waals surface area contributed by atoms with Crippen LogP contribution >= 0.6 is 0 Å². The Bertz CT molecular complexity index is 1390. The number of likely N-dealkylation sites (N-methyl/N-ethyl adjacent to an activating group) is 1. The molecule has 1 aliphatic carbocycles. The molecule has 4 nitrogen and oxygen atoms in total. The zero-order valence-electron chi connectivity index (χ0n) is 26.7. The van der Waals surface area contributed by atoms with Crippen LogP contribution < -0.4 is 5.32 Å². The molecule has 0 bridgehead atoms. The molecule has 3 aromatic rings. The monoisotopic (exact) mass is 564 g/mol. The van der Waals surface area contributed by atoms with E-state index >= 15 is 0 Å². The SMILES string of the molecule is Cc1ccccc[nH]c2ccc(CN3CCC(=Cc4ccc(C(C)(C)NCC5(N(C)C)CCCCC5)cc4)CC3)cc12. The van der Waals surface area contributed by atoms with Crippen molar-refractivity contribution in [1.82, 2.24) is 20.1 Å². The van der Waals surface area contributed by atoms with Crippen LogP contribution in [0.25, 0.3) is 17.0 Å². The normalized spacial score (nSPS) is 17.8. The minimum Gasteiger partial charge on any atom is -0.361 e. The smallest absolute Gasteiger partial charge is 0.0456 e. The van der Waals surface area contributed by atoms with Gasteiger partial charge in [0.05, 0.1) is 0 Å². The molecule has 1 aliphatic heterocycles. The Balaban J connectivity index is 1.17. The van der Waals surface area contributed by atoms with E-state index in [1.54, 1.807) is 5.57 Å². The summed E-state index contributed by atoms with van der Waals surface area (Å²) in [4.78, 5) is 8.50. The lowest BCUT2D eigenvalue weighted by molar-refractivity contribution is 0.0894. The molecule has 0 unspecified atom stereocenters. The van der Waals surface area contributed by atoms with Gasteiger partial charge >= 0.3 is 0 Å². The van der Waals surface area contributed by atoms with Crippen molar-refractivity contribution >= 4 is 17.0 Å². The molecule has 0 spiro atoms. The number of H-pyrrole nitrogens is 1. The van der Waals surface area contributed by atoms with E-state index in [0.29, 0.717) is 0 Å². The Hall–Kier alpha value is -2.92. The molecule has 0 radical (unpaired) electrons. The summed E-state index contributed by atoms with van der Waals surface area (Å²) in [6.45, 7) is 11.1. The van der Waals surface area contributed by atoms with Crippen molar-refractivity contribution in [2.75, 3.05) is 33.7 Å². The Morgan fingerprint density at radius 3 is 2.38 bits per heavy atom. The number of nitrogens with one attached hydrogen (secondary N) is 2. The second-order valence-corrected chi connectivity index (χ2v) is 13.5. The molecule has 4 heteroatoms. The fourth-order valence-corrected chi connectivity index (χ4v) is 6.80. The first-order chi connectivity index (χ1) is 20.2. The van der Waals surface area contributed by atoms with E-state index in [1.807, 2.05) is 12.3 Å². The summed E-state index contributed by atoms with van der Waals surface area (Å²) < 4.78 is 0. The number of aromatic amines is 1. The average Bonchev–Trinajstić information content (AvgIpc) is 3.08.